The zero-order valence-electron chi connectivity index (χ0n) is 13.7. The molecule has 20 heavy (non-hydrogen) atoms. The molecular formula is C14H30O6. The second-order valence-corrected chi connectivity index (χ2v) is 6.22. The smallest absolute Gasteiger partial charge is 0.295 e. The zero-order valence-corrected chi connectivity index (χ0v) is 13.7. The highest BCUT2D eigenvalue weighted by Crippen LogP contribution is 2.16. The molecule has 0 saturated carbocycles. The summed E-state index contributed by atoms with van der Waals surface area (Å²) in [6.07, 6.45) is 4.89. The summed E-state index contributed by atoms with van der Waals surface area (Å²) in [7, 11) is 0. The van der Waals surface area contributed by atoms with Crippen molar-refractivity contribution in [1.29, 1.82) is 0 Å². The Labute approximate surface area is 122 Å². The van der Waals surface area contributed by atoms with Crippen LogP contribution in [0.1, 0.15) is 67.7 Å². The van der Waals surface area contributed by atoms with Crippen molar-refractivity contribution in [1.82, 2.24) is 0 Å². The minimum atomic E-state index is -0.394. The van der Waals surface area contributed by atoms with Crippen molar-refractivity contribution >= 4 is 0 Å². The van der Waals surface area contributed by atoms with Gasteiger partial charge in [0.1, 0.15) is 11.2 Å². The lowest BCUT2D eigenvalue weighted by atomic mass is 10.2. The van der Waals surface area contributed by atoms with Gasteiger partial charge in [-0.05, 0) is 54.4 Å². The van der Waals surface area contributed by atoms with Gasteiger partial charge in [-0.15, -0.1) is 0 Å². The van der Waals surface area contributed by atoms with Crippen LogP contribution in [0.2, 0.25) is 0 Å². The summed E-state index contributed by atoms with van der Waals surface area (Å²) in [6.45, 7) is 13.6. The van der Waals surface area contributed by atoms with Crippen molar-refractivity contribution in [2.24, 2.45) is 0 Å². The third kappa shape index (κ3) is 17.2. The maximum atomic E-state index is 6.00. The normalized spacial score (nSPS) is 11.2. The second kappa shape index (κ2) is 10.9. The van der Waals surface area contributed by atoms with Gasteiger partial charge in [-0.1, -0.05) is 13.3 Å². The average molecular weight is 294 g/mol. The fourth-order valence-corrected chi connectivity index (χ4v) is 0.838. The molecule has 6 nitrogen and oxygen atoms in total. The predicted molar refractivity (Wildman–Crippen MR) is 76.7 cm³/mol. The number of unbranched alkanes of at least 4 members (excludes halogenated alkanes) is 2. The lowest BCUT2D eigenvalue weighted by molar-refractivity contribution is -0.415. The average Bonchev–Trinajstić information content (AvgIpc) is 2.32. The van der Waals surface area contributed by atoms with Crippen molar-refractivity contribution in [3.05, 3.63) is 12.0 Å². The number of allylic oxidation sites excluding steroid dienone is 1. The van der Waals surface area contributed by atoms with E-state index in [1.807, 2.05) is 47.6 Å². The quantitative estimate of drug-likeness (QED) is 0.311. The van der Waals surface area contributed by atoms with Gasteiger partial charge in [0.25, 0.3) is 0 Å². The molecule has 0 bridgehead atoms. The van der Waals surface area contributed by atoms with Crippen LogP contribution in [-0.4, -0.2) is 21.7 Å². The van der Waals surface area contributed by atoms with E-state index >= 15 is 0 Å². The van der Waals surface area contributed by atoms with E-state index in [1.54, 1.807) is 0 Å². The molecular weight excluding hydrogens is 264 g/mol. The van der Waals surface area contributed by atoms with Gasteiger partial charge in [0.05, 0.1) is 0 Å². The maximum Gasteiger partial charge on any atom is 0.348 e. The third-order valence-corrected chi connectivity index (χ3v) is 1.62. The van der Waals surface area contributed by atoms with E-state index in [2.05, 4.69) is 6.92 Å². The van der Waals surface area contributed by atoms with E-state index in [-0.39, 0.29) is 5.95 Å². The van der Waals surface area contributed by atoms with E-state index in [4.69, 9.17) is 30.1 Å². The van der Waals surface area contributed by atoms with Gasteiger partial charge < -0.3 is 0 Å². The Balaban J connectivity index is 0. The summed E-state index contributed by atoms with van der Waals surface area (Å²) in [4.78, 5) is 20.8. The molecule has 0 unspecified atom stereocenters. The second-order valence-electron chi connectivity index (χ2n) is 6.22. The number of rotatable bonds is 7. The summed E-state index contributed by atoms with van der Waals surface area (Å²) in [5, 5.41) is 12.0. The van der Waals surface area contributed by atoms with E-state index in [0.29, 0.717) is 0 Å². The van der Waals surface area contributed by atoms with Crippen LogP contribution in [0.5, 0.6) is 0 Å². The first-order valence-corrected chi connectivity index (χ1v) is 6.75. The molecule has 0 rings (SSSR count). The fraction of sp³-hybridized carbons (Fsp3) is 0.857. The van der Waals surface area contributed by atoms with Gasteiger partial charge in [0.15, 0.2) is 0 Å². The monoisotopic (exact) mass is 294 g/mol. The minimum Gasteiger partial charge on any atom is -0.295 e. The molecule has 0 amide bonds. The molecule has 2 N–H and O–H groups in total. The molecule has 0 spiro atoms. The van der Waals surface area contributed by atoms with E-state index in [9.17, 15) is 0 Å². The van der Waals surface area contributed by atoms with Crippen LogP contribution in [-0.2, 0) is 19.6 Å². The molecule has 0 aliphatic heterocycles. The lowest BCUT2D eigenvalue weighted by Gasteiger charge is -2.21. The summed E-state index contributed by atoms with van der Waals surface area (Å²) in [5.41, 5.74) is -0.788. The van der Waals surface area contributed by atoms with Gasteiger partial charge in [-0.3, -0.25) is 20.3 Å². The Kier molecular flexibility index (Phi) is 11.7. The molecule has 0 radical (unpaired) electrons. The van der Waals surface area contributed by atoms with Crippen molar-refractivity contribution in [2.75, 3.05) is 0 Å². The van der Waals surface area contributed by atoms with Gasteiger partial charge in [-0.25, -0.2) is 0 Å². The summed E-state index contributed by atoms with van der Waals surface area (Å²) in [5.74, 6) is 0.258. The SMILES string of the molecule is CCCCC=C(OOC(C)(C)C)OOC(C)(C)C.OO. The van der Waals surface area contributed by atoms with Crippen LogP contribution >= 0.6 is 0 Å². The van der Waals surface area contributed by atoms with Crippen LogP contribution in [0.15, 0.2) is 12.0 Å². The lowest BCUT2D eigenvalue weighted by Crippen LogP contribution is -2.22. The molecule has 0 aromatic carbocycles. The van der Waals surface area contributed by atoms with E-state index in [1.165, 1.54) is 0 Å². The molecule has 0 saturated heterocycles. The summed E-state index contributed by atoms with van der Waals surface area (Å²) >= 11 is 0. The molecule has 0 aromatic heterocycles. The standard InChI is InChI=1S/C14H28O4.H2O2/c1-8-9-10-11-12(15-17-13(2,3)4)16-18-14(5,6)7;1-2/h11H,8-10H2,1-7H3;1-2H. The van der Waals surface area contributed by atoms with Crippen LogP contribution in [0.4, 0.5) is 0 Å². The molecule has 0 aromatic rings. The van der Waals surface area contributed by atoms with Crippen molar-refractivity contribution in [2.45, 2.75) is 78.9 Å². The Hall–Kier alpha value is -0.820. The summed E-state index contributed by atoms with van der Waals surface area (Å²) in [6, 6.07) is 0. The Morgan fingerprint density at radius 2 is 1.30 bits per heavy atom. The van der Waals surface area contributed by atoms with Crippen LogP contribution in [0.25, 0.3) is 0 Å². The molecule has 0 aliphatic rings. The van der Waals surface area contributed by atoms with Gasteiger partial charge in [-0.2, -0.15) is 9.78 Å². The van der Waals surface area contributed by atoms with Crippen molar-refractivity contribution < 1.29 is 30.1 Å². The number of hydrogen-bond acceptors (Lipinski definition) is 6. The van der Waals surface area contributed by atoms with Gasteiger partial charge >= 0.3 is 5.95 Å². The Morgan fingerprint density at radius 1 is 0.900 bits per heavy atom. The molecule has 122 valence electrons. The highest BCUT2D eigenvalue weighted by molar-refractivity contribution is 4.81. The van der Waals surface area contributed by atoms with Crippen molar-refractivity contribution in [3.8, 4) is 0 Å². The first kappa shape index (κ1) is 21.5. The topological polar surface area (TPSA) is 77.4 Å². The van der Waals surface area contributed by atoms with E-state index in [0.717, 1.165) is 19.3 Å². The highest BCUT2D eigenvalue weighted by Gasteiger charge is 2.17. The molecule has 0 aliphatic carbocycles. The number of hydrogen-bond donors (Lipinski definition) is 2. The summed E-state index contributed by atoms with van der Waals surface area (Å²) < 4.78 is 0. The van der Waals surface area contributed by atoms with Crippen molar-refractivity contribution in [3.63, 3.8) is 0 Å². The fourth-order valence-electron chi connectivity index (χ4n) is 0.838. The Bertz CT molecular complexity index is 229. The first-order chi connectivity index (χ1) is 9.14. The van der Waals surface area contributed by atoms with E-state index < -0.39 is 11.2 Å². The zero-order chi connectivity index (χ0) is 16.2. The van der Waals surface area contributed by atoms with Crippen LogP contribution < -0.4 is 0 Å². The predicted octanol–water partition coefficient (Wildman–Crippen LogP) is 4.53. The molecule has 0 fully saturated rings. The minimum absolute atomic E-state index is 0.258. The first-order valence-electron chi connectivity index (χ1n) is 6.75. The van der Waals surface area contributed by atoms with Gasteiger partial charge in [0, 0.05) is 6.08 Å². The van der Waals surface area contributed by atoms with Crippen LogP contribution in [0, 0.1) is 0 Å². The molecule has 0 heterocycles. The molecule has 6 heteroatoms. The highest BCUT2D eigenvalue weighted by atomic mass is 17.3. The molecule has 0 atom stereocenters. The van der Waals surface area contributed by atoms with Gasteiger partial charge in [0.2, 0.25) is 0 Å². The maximum absolute atomic E-state index is 6.00. The largest absolute Gasteiger partial charge is 0.348 e. The third-order valence-electron chi connectivity index (χ3n) is 1.62. The Morgan fingerprint density at radius 3 is 1.60 bits per heavy atom. The van der Waals surface area contributed by atoms with Crippen LogP contribution in [0.3, 0.4) is 0 Å².